The number of thioether (sulfide) groups is 1. The number of amides is 1. The van der Waals surface area contributed by atoms with Crippen LogP contribution < -0.4 is 4.46 Å². The molecule has 1 aromatic carbocycles. The third-order valence-corrected chi connectivity index (χ3v) is 8.57. The minimum atomic E-state index is -0.950. The van der Waals surface area contributed by atoms with E-state index >= 15 is 0 Å². The van der Waals surface area contributed by atoms with E-state index in [9.17, 15) is 19.1 Å². The Morgan fingerprint density at radius 3 is 2.91 bits per heavy atom. The molecule has 23 heavy (non-hydrogen) atoms. The van der Waals surface area contributed by atoms with E-state index in [1.54, 1.807) is 17.8 Å². The average molecular weight is 401 g/mol. The van der Waals surface area contributed by atoms with Crippen LogP contribution in [0.1, 0.15) is 19.4 Å². The summed E-state index contributed by atoms with van der Waals surface area (Å²) in [5.41, 5.74) is 0.938. The fourth-order valence-corrected chi connectivity index (χ4v) is 7.77. The average Bonchev–Trinajstić information content (AvgIpc) is 2.95. The summed E-state index contributed by atoms with van der Waals surface area (Å²) < 4.78 is 16.0. The molecule has 2 fully saturated rings. The van der Waals surface area contributed by atoms with Crippen LogP contribution in [-0.2, 0) is 16.1 Å². The number of β-lactam (4-membered cyclic amide) rings is 1. The molecule has 0 aliphatic carbocycles. The van der Waals surface area contributed by atoms with E-state index in [0.29, 0.717) is 6.54 Å². The number of nitrogens with zero attached hydrogens (tertiary/aromatic N) is 2. The van der Waals surface area contributed by atoms with Crippen LogP contribution in [0.3, 0.4) is 0 Å². The predicted octanol–water partition coefficient (Wildman–Crippen LogP) is 0.401. The third-order valence-electron chi connectivity index (χ3n) is 4.52. The number of hydrogen-bond donors (Lipinski definition) is 1. The molecular formula is C15H15FN2O3SSe. The van der Waals surface area contributed by atoms with Crippen LogP contribution >= 0.6 is 11.8 Å². The number of carbonyl (C=O) groups excluding carboxylic acids is 1. The molecule has 3 aliphatic rings. The van der Waals surface area contributed by atoms with Crippen molar-refractivity contribution in [1.82, 2.24) is 8.82 Å². The van der Waals surface area contributed by atoms with E-state index in [1.165, 1.54) is 17.0 Å². The molecule has 1 N–H and O–H groups in total. The van der Waals surface area contributed by atoms with Gasteiger partial charge in [0.1, 0.15) is 0 Å². The molecule has 0 spiro atoms. The molecule has 3 heterocycles. The van der Waals surface area contributed by atoms with E-state index in [1.807, 2.05) is 13.8 Å². The maximum atomic E-state index is 13.4. The van der Waals surface area contributed by atoms with Gasteiger partial charge >= 0.3 is 143 Å². The van der Waals surface area contributed by atoms with Gasteiger partial charge in [-0.15, -0.1) is 0 Å². The summed E-state index contributed by atoms with van der Waals surface area (Å²) in [5, 5.41) is 9.33. The Labute approximate surface area is 143 Å². The van der Waals surface area contributed by atoms with Gasteiger partial charge in [-0.05, 0) is 0 Å². The van der Waals surface area contributed by atoms with Crippen LogP contribution in [0.25, 0.3) is 0 Å². The molecule has 1 amide bonds. The second-order valence-corrected chi connectivity index (χ2v) is 10.5. The van der Waals surface area contributed by atoms with Crippen LogP contribution in [0.2, 0.25) is 0 Å². The molecule has 4 rings (SSSR count). The molecule has 0 saturated carbocycles. The Balaban J connectivity index is 1.58. The zero-order chi connectivity index (χ0) is 16.5. The van der Waals surface area contributed by atoms with Crippen LogP contribution in [0.4, 0.5) is 4.39 Å². The van der Waals surface area contributed by atoms with Gasteiger partial charge in [-0.1, -0.05) is 0 Å². The van der Waals surface area contributed by atoms with Crippen molar-refractivity contribution in [3.05, 3.63) is 29.6 Å². The molecule has 122 valence electrons. The van der Waals surface area contributed by atoms with Crippen molar-refractivity contribution in [3.8, 4) is 0 Å². The first kappa shape index (κ1) is 15.4. The topological polar surface area (TPSA) is 60.9 Å². The summed E-state index contributed by atoms with van der Waals surface area (Å²) in [6.07, 6.45) is 0. The summed E-state index contributed by atoms with van der Waals surface area (Å²) in [6, 6.07) is 3.70. The number of hydrogen-bond acceptors (Lipinski definition) is 4. The Hall–Kier alpha value is -1.08. The van der Waals surface area contributed by atoms with Gasteiger partial charge in [-0.3, -0.25) is 0 Å². The number of carboxylic acid groups (broad SMARTS) is 1. The second-order valence-electron chi connectivity index (χ2n) is 6.46. The summed E-state index contributed by atoms with van der Waals surface area (Å²) in [5.74, 6) is -1.32. The fraction of sp³-hybridized carbons (Fsp3) is 0.467. The van der Waals surface area contributed by atoms with Crippen molar-refractivity contribution in [2.75, 3.05) is 0 Å². The van der Waals surface area contributed by atoms with Crippen LogP contribution in [0.5, 0.6) is 0 Å². The summed E-state index contributed by atoms with van der Waals surface area (Å²) >= 11 is 1.53. The first-order valence-corrected chi connectivity index (χ1v) is 9.76. The van der Waals surface area contributed by atoms with Gasteiger partial charge in [-0.25, -0.2) is 0 Å². The van der Waals surface area contributed by atoms with Crippen LogP contribution in [0, 0.1) is 5.82 Å². The maximum absolute atomic E-state index is 13.4. The van der Waals surface area contributed by atoms with E-state index < -0.39 is 16.8 Å². The Morgan fingerprint density at radius 2 is 2.22 bits per heavy atom. The molecule has 5 nitrogen and oxygen atoms in total. The molecule has 0 bridgehead atoms. The second kappa shape index (κ2) is 4.96. The van der Waals surface area contributed by atoms with Crippen molar-refractivity contribution in [2.45, 2.75) is 42.6 Å². The van der Waals surface area contributed by atoms with Crippen molar-refractivity contribution in [2.24, 2.45) is 0 Å². The molecular weight excluding hydrogens is 386 g/mol. The Bertz CT molecular complexity index is 729. The van der Waals surface area contributed by atoms with Crippen LogP contribution in [-0.4, -0.2) is 63.2 Å². The zero-order valence-electron chi connectivity index (χ0n) is 12.5. The number of carbonyl (C=O) groups is 2. The fourth-order valence-electron chi connectivity index (χ4n) is 3.50. The molecule has 1 unspecified atom stereocenters. The molecule has 1 aromatic rings. The van der Waals surface area contributed by atoms with Crippen molar-refractivity contribution < 1.29 is 19.1 Å². The van der Waals surface area contributed by atoms with E-state index in [0.717, 1.165) is 10.0 Å². The number of carboxylic acids is 1. The SMILES string of the molecule is CC1(C)S[C@@H]2C(N3Cc4cc(F)ccc4[Se]3)C(=O)N2[C@H]1C(=O)O. The molecule has 3 aliphatic heterocycles. The molecule has 2 saturated heterocycles. The van der Waals surface area contributed by atoms with Gasteiger partial charge in [0, 0.05) is 0 Å². The first-order valence-electron chi connectivity index (χ1n) is 7.25. The van der Waals surface area contributed by atoms with E-state index in [4.69, 9.17) is 0 Å². The number of rotatable bonds is 2. The Kier molecular flexibility index (Phi) is 3.33. The monoisotopic (exact) mass is 402 g/mol. The zero-order valence-corrected chi connectivity index (χ0v) is 15.1. The molecule has 0 aromatic heterocycles. The normalized spacial score (nSPS) is 31.7. The number of benzene rings is 1. The predicted molar refractivity (Wildman–Crippen MR) is 84.8 cm³/mol. The third kappa shape index (κ3) is 2.16. The van der Waals surface area contributed by atoms with Crippen LogP contribution in [0.15, 0.2) is 18.2 Å². The van der Waals surface area contributed by atoms with Gasteiger partial charge in [0.2, 0.25) is 0 Å². The molecule has 3 atom stereocenters. The van der Waals surface area contributed by atoms with Crippen molar-refractivity contribution in [1.29, 1.82) is 0 Å². The summed E-state index contributed by atoms with van der Waals surface area (Å²) in [6.45, 7) is 4.31. The standard InChI is InChI=1S/C15H15FN2O3SSe/c1-15(2)11(14(20)21)18-12(19)10(13(18)22-15)17-6-7-5-8(16)3-4-9(7)23-17/h3-5,10-11,13H,6H2,1-2H3,(H,20,21)/t10?,11-,13+/m0/s1. The van der Waals surface area contributed by atoms with Gasteiger partial charge in [0.05, 0.1) is 0 Å². The molecule has 0 radical (unpaired) electrons. The van der Waals surface area contributed by atoms with E-state index in [2.05, 4.69) is 3.92 Å². The van der Waals surface area contributed by atoms with Gasteiger partial charge in [0.25, 0.3) is 0 Å². The van der Waals surface area contributed by atoms with E-state index in [-0.39, 0.29) is 38.3 Å². The minimum absolute atomic E-state index is 0.0263. The van der Waals surface area contributed by atoms with Crippen molar-refractivity contribution in [3.63, 3.8) is 0 Å². The first-order chi connectivity index (χ1) is 10.8. The number of fused-ring (bicyclic) bond motifs is 2. The van der Waals surface area contributed by atoms with Gasteiger partial charge in [0.15, 0.2) is 0 Å². The quantitative estimate of drug-likeness (QED) is 0.575. The summed E-state index contributed by atoms with van der Waals surface area (Å²) in [7, 11) is 0. The molecule has 8 heteroatoms. The van der Waals surface area contributed by atoms with Gasteiger partial charge < -0.3 is 0 Å². The summed E-state index contributed by atoms with van der Waals surface area (Å²) in [4.78, 5) is 25.6. The van der Waals surface area contributed by atoms with Gasteiger partial charge in [-0.2, -0.15) is 0 Å². The number of aliphatic carboxylic acids is 1. The van der Waals surface area contributed by atoms with Crippen molar-refractivity contribution >= 4 is 43.3 Å². The Morgan fingerprint density at radius 1 is 1.48 bits per heavy atom. The number of halogens is 1.